The monoisotopic (exact) mass is 685 g/mol. The van der Waals surface area contributed by atoms with Gasteiger partial charge in [-0.3, -0.25) is 13.9 Å². The summed E-state index contributed by atoms with van der Waals surface area (Å²) in [5.74, 6) is -0.751. The Morgan fingerprint density at radius 2 is 1.43 bits per heavy atom. The first kappa shape index (κ1) is 34.0. The van der Waals surface area contributed by atoms with Gasteiger partial charge in [-0.15, -0.1) is 0 Å². The third kappa shape index (κ3) is 8.40. The lowest BCUT2D eigenvalue weighted by Crippen LogP contribution is -2.55. The maximum Gasteiger partial charge on any atom is 0.264 e. The number of carbonyl (C=O) groups is 2. The van der Waals surface area contributed by atoms with Crippen LogP contribution in [0.5, 0.6) is 11.5 Å². The predicted molar refractivity (Wildman–Crippen MR) is 184 cm³/mol. The summed E-state index contributed by atoms with van der Waals surface area (Å²) in [6.07, 6.45) is 5.11. The van der Waals surface area contributed by atoms with Crippen molar-refractivity contribution in [1.82, 2.24) is 10.2 Å². The quantitative estimate of drug-likeness (QED) is 0.200. The Kier molecular flexibility index (Phi) is 10.8. The Labute approximate surface area is 286 Å². The first-order valence-corrected chi connectivity index (χ1v) is 18.1. The average molecular weight is 686 g/mol. The number of fused-ring (bicyclic) bond motifs is 1. The average Bonchev–Trinajstić information content (AvgIpc) is 3.13. The van der Waals surface area contributed by atoms with Crippen molar-refractivity contribution in [3.05, 3.63) is 120 Å². The van der Waals surface area contributed by atoms with Gasteiger partial charge in [-0.1, -0.05) is 79.9 Å². The van der Waals surface area contributed by atoms with Gasteiger partial charge in [0.1, 0.15) is 31.6 Å². The molecule has 1 aliphatic carbocycles. The van der Waals surface area contributed by atoms with Crippen LogP contribution in [0.3, 0.4) is 0 Å². The van der Waals surface area contributed by atoms with E-state index in [1.54, 1.807) is 0 Å². The molecule has 4 aromatic rings. The summed E-state index contributed by atoms with van der Waals surface area (Å²) in [6, 6.07) is 27.0. The van der Waals surface area contributed by atoms with Crippen molar-refractivity contribution in [3.63, 3.8) is 0 Å². The number of halogens is 1. The van der Waals surface area contributed by atoms with Crippen LogP contribution in [-0.2, 0) is 32.6 Å². The van der Waals surface area contributed by atoms with Crippen LogP contribution in [0, 0.1) is 5.82 Å². The lowest BCUT2D eigenvalue weighted by molar-refractivity contribution is -0.140. The molecule has 1 N–H and O–H groups in total. The minimum Gasteiger partial charge on any atom is -0.486 e. The van der Waals surface area contributed by atoms with E-state index < -0.39 is 34.3 Å². The number of rotatable bonds is 12. The van der Waals surface area contributed by atoms with E-state index >= 15 is 0 Å². The molecule has 1 heterocycles. The van der Waals surface area contributed by atoms with Gasteiger partial charge in [0, 0.05) is 25.1 Å². The largest absolute Gasteiger partial charge is 0.486 e. The van der Waals surface area contributed by atoms with E-state index in [1.807, 2.05) is 60.7 Å². The van der Waals surface area contributed by atoms with Crippen molar-refractivity contribution < 1.29 is 31.9 Å². The Morgan fingerprint density at radius 3 is 2.10 bits per heavy atom. The second-order valence-electron chi connectivity index (χ2n) is 12.3. The molecular weight excluding hydrogens is 645 g/mol. The van der Waals surface area contributed by atoms with Crippen LogP contribution < -0.4 is 19.1 Å². The Hall–Kier alpha value is -4.90. The highest BCUT2D eigenvalue weighted by Gasteiger charge is 2.36. The molecule has 1 atom stereocenters. The third-order valence-electron chi connectivity index (χ3n) is 8.91. The molecule has 2 amide bonds. The molecular formula is C38H40FN3O6S. The van der Waals surface area contributed by atoms with Crippen LogP contribution in [0.15, 0.2) is 108 Å². The van der Waals surface area contributed by atoms with Crippen molar-refractivity contribution >= 4 is 27.5 Å². The highest BCUT2D eigenvalue weighted by molar-refractivity contribution is 7.92. The second kappa shape index (κ2) is 15.5. The molecule has 4 aromatic carbocycles. The third-order valence-corrected chi connectivity index (χ3v) is 10.7. The van der Waals surface area contributed by atoms with E-state index in [2.05, 4.69) is 5.32 Å². The van der Waals surface area contributed by atoms with Crippen molar-refractivity contribution in [1.29, 1.82) is 0 Å². The standard InChI is InChI=1S/C38H40FN3O6S/c39-30-16-18-32(19-17-30)42(49(45,46)33-20-21-35-36(25-33)48-23-22-47-35)27-37(43)41(26-29-12-6-2-7-13-29)34(24-28-10-4-1-5-11-28)38(44)40-31-14-8-3-9-15-31/h1-2,4-7,10-13,16-21,25,31,34H,3,8-9,14-15,22-24,26-27H2,(H,40,44)/t34-/m1/s1. The molecule has 0 aromatic heterocycles. The molecule has 0 saturated heterocycles. The van der Waals surface area contributed by atoms with Gasteiger partial charge in [0.05, 0.1) is 10.6 Å². The number of anilines is 1. The fourth-order valence-electron chi connectivity index (χ4n) is 6.33. The Morgan fingerprint density at radius 1 is 0.796 bits per heavy atom. The molecule has 1 saturated carbocycles. The molecule has 0 radical (unpaired) electrons. The molecule has 9 nitrogen and oxygen atoms in total. The minimum absolute atomic E-state index is 0.000463. The van der Waals surface area contributed by atoms with Gasteiger partial charge in [0.15, 0.2) is 11.5 Å². The number of nitrogens with one attached hydrogen (secondary N) is 1. The summed E-state index contributed by atoms with van der Waals surface area (Å²) in [7, 11) is -4.40. The van der Waals surface area contributed by atoms with Gasteiger partial charge in [0.2, 0.25) is 11.8 Å². The number of benzene rings is 4. The van der Waals surface area contributed by atoms with Gasteiger partial charge < -0.3 is 19.7 Å². The normalized spacial score (nSPS) is 15.2. The topological polar surface area (TPSA) is 105 Å². The lowest BCUT2D eigenvalue weighted by Gasteiger charge is -2.35. The van der Waals surface area contributed by atoms with Crippen LogP contribution in [0.2, 0.25) is 0 Å². The van der Waals surface area contributed by atoms with Crippen LogP contribution in [0.4, 0.5) is 10.1 Å². The van der Waals surface area contributed by atoms with E-state index in [1.165, 1.54) is 35.2 Å². The molecule has 0 spiro atoms. The predicted octanol–water partition coefficient (Wildman–Crippen LogP) is 5.88. The van der Waals surface area contributed by atoms with E-state index in [9.17, 15) is 22.4 Å². The zero-order chi connectivity index (χ0) is 34.2. The zero-order valence-corrected chi connectivity index (χ0v) is 28.0. The van der Waals surface area contributed by atoms with E-state index in [4.69, 9.17) is 9.47 Å². The van der Waals surface area contributed by atoms with E-state index in [0.717, 1.165) is 59.7 Å². The zero-order valence-electron chi connectivity index (χ0n) is 27.2. The molecule has 2 aliphatic rings. The summed E-state index contributed by atoms with van der Waals surface area (Å²) >= 11 is 0. The molecule has 256 valence electrons. The summed E-state index contributed by atoms with van der Waals surface area (Å²) in [5.41, 5.74) is 1.73. The van der Waals surface area contributed by atoms with Crippen LogP contribution in [-0.4, -0.2) is 57.0 Å². The highest BCUT2D eigenvalue weighted by Crippen LogP contribution is 2.34. The number of sulfonamides is 1. The first-order valence-electron chi connectivity index (χ1n) is 16.6. The fraction of sp³-hybridized carbons (Fsp3) is 0.316. The summed E-state index contributed by atoms with van der Waals surface area (Å²) in [5, 5.41) is 3.20. The van der Waals surface area contributed by atoms with Crippen LogP contribution >= 0.6 is 0 Å². The molecule has 1 aliphatic heterocycles. The van der Waals surface area contributed by atoms with Crippen molar-refractivity contribution in [2.45, 2.75) is 62.0 Å². The number of amides is 2. The molecule has 1 fully saturated rings. The van der Waals surface area contributed by atoms with Crippen molar-refractivity contribution in [2.24, 2.45) is 0 Å². The van der Waals surface area contributed by atoms with Gasteiger partial charge >= 0.3 is 0 Å². The van der Waals surface area contributed by atoms with E-state index in [0.29, 0.717) is 12.4 Å². The maximum atomic E-state index is 14.7. The SMILES string of the molecule is O=C(NC1CCCCC1)[C@@H](Cc1ccccc1)N(Cc1ccccc1)C(=O)CN(c1ccc(F)cc1)S(=O)(=O)c1ccc2c(c1)OCCO2. The molecule has 11 heteroatoms. The fourth-order valence-corrected chi connectivity index (χ4v) is 7.76. The molecule has 0 unspecified atom stereocenters. The van der Waals surface area contributed by atoms with Crippen molar-refractivity contribution in [2.75, 3.05) is 24.1 Å². The number of nitrogens with zero attached hydrogens (tertiary/aromatic N) is 2. The van der Waals surface area contributed by atoms with E-state index in [-0.39, 0.29) is 47.9 Å². The smallest absolute Gasteiger partial charge is 0.264 e. The summed E-state index contributed by atoms with van der Waals surface area (Å²) in [6.45, 7) is 0.0235. The maximum absolute atomic E-state index is 14.7. The highest BCUT2D eigenvalue weighted by atomic mass is 32.2. The Balaban J connectivity index is 1.38. The number of hydrogen-bond acceptors (Lipinski definition) is 6. The molecule has 49 heavy (non-hydrogen) atoms. The van der Waals surface area contributed by atoms with Crippen molar-refractivity contribution in [3.8, 4) is 11.5 Å². The van der Waals surface area contributed by atoms with Gasteiger partial charge in [0.25, 0.3) is 10.0 Å². The number of hydrogen-bond donors (Lipinski definition) is 1. The van der Waals surface area contributed by atoms with Crippen LogP contribution in [0.1, 0.15) is 43.2 Å². The van der Waals surface area contributed by atoms with Gasteiger partial charge in [-0.05, 0) is 60.4 Å². The molecule has 6 rings (SSSR count). The Bertz CT molecular complexity index is 1830. The number of ether oxygens (including phenoxy) is 2. The van der Waals surface area contributed by atoms with Gasteiger partial charge in [-0.2, -0.15) is 0 Å². The van der Waals surface area contributed by atoms with Crippen LogP contribution in [0.25, 0.3) is 0 Å². The van der Waals surface area contributed by atoms with Gasteiger partial charge in [-0.25, -0.2) is 12.8 Å². The first-order chi connectivity index (χ1) is 23.8. The summed E-state index contributed by atoms with van der Waals surface area (Å²) in [4.78, 5) is 30.2. The number of carbonyl (C=O) groups excluding carboxylic acids is 2. The molecule has 0 bridgehead atoms. The lowest BCUT2D eigenvalue weighted by atomic mass is 9.94. The second-order valence-corrected chi connectivity index (χ2v) is 14.2. The summed E-state index contributed by atoms with van der Waals surface area (Å²) < 4.78 is 55.0. The minimum atomic E-state index is -4.40.